The van der Waals surface area contributed by atoms with Gasteiger partial charge in [-0.15, -0.1) is 0 Å². The van der Waals surface area contributed by atoms with Crippen LogP contribution in [-0.4, -0.2) is 42.9 Å². The molecule has 18 heavy (non-hydrogen) atoms. The predicted octanol–water partition coefficient (Wildman–Crippen LogP) is 1.69. The van der Waals surface area contributed by atoms with Crippen molar-refractivity contribution in [2.75, 3.05) is 26.2 Å². The molecule has 1 unspecified atom stereocenters. The van der Waals surface area contributed by atoms with Gasteiger partial charge < -0.3 is 5.32 Å². The van der Waals surface area contributed by atoms with Crippen LogP contribution in [0.15, 0.2) is 24.3 Å². The minimum Gasteiger partial charge on any atom is -0.314 e. The monoisotopic (exact) mass is 250 g/mol. The number of piperazine rings is 1. The Kier molecular flexibility index (Phi) is 4.44. The zero-order valence-corrected chi connectivity index (χ0v) is 10.7. The number of benzene rings is 1. The van der Waals surface area contributed by atoms with E-state index in [1.54, 1.807) is 18.2 Å². The first-order chi connectivity index (χ1) is 8.68. The number of carbonyl (C=O) groups excluding carboxylic acids is 1. The Bertz CT molecular complexity index is 422. The van der Waals surface area contributed by atoms with Crippen LogP contribution in [0.25, 0.3) is 0 Å². The number of nitrogens with zero attached hydrogens (tertiary/aromatic N) is 1. The van der Waals surface area contributed by atoms with Crippen LogP contribution in [0.2, 0.25) is 0 Å². The van der Waals surface area contributed by atoms with E-state index >= 15 is 0 Å². The number of Topliss-reactive ketones (excluding diaryl/α,β-unsaturated/α-hetero) is 1. The van der Waals surface area contributed by atoms with E-state index in [4.69, 9.17) is 0 Å². The third-order valence-electron chi connectivity index (χ3n) is 3.44. The molecule has 1 aliphatic heterocycles. The summed E-state index contributed by atoms with van der Waals surface area (Å²) in [4.78, 5) is 14.2. The molecular formula is C14H19FN2O. The lowest BCUT2D eigenvalue weighted by Crippen LogP contribution is -2.50. The van der Waals surface area contributed by atoms with Gasteiger partial charge in [-0.25, -0.2) is 4.39 Å². The molecule has 1 atom stereocenters. The molecule has 1 aliphatic rings. The van der Waals surface area contributed by atoms with Crippen LogP contribution >= 0.6 is 0 Å². The lowest BCUT2D eigenvalue weighted by Gasteiger charge is -2.33. The van der Waals surface area contributed by atoms with Gasteiger partial charge in [0, 0.05) is 38.6 Å². The second-order valence-electron chi connectivity index (χ2n) is 4.74. The van der Waals surface area contributed by atoms with Gasteiger partial charge >= 0.3 is 0 Å². The average molecular weight is 250 g/mol. The van der Waals surface area contributed by atoms with E-state index < -0.39 is 5.82 Å². The molecule has 1 heterocycles. The molecule has 0 radical (unpaired) electrons. The summed E-state index contributed by atoms with van der Waals surface area (Å²) in [6.07, 6.45) is 0.380. The van der Waals surface area contributed by atoms with E-state index in [-0.39, 0.29) is 11.3 Å². The quantitative estimate of drug-likeness (QED) is 0.825. The highest BCUT2D eigenvalue weighted by Gasteiger charge is 2.19. The summed E-state index contributed by atoms with van der Waals surface area (Å²) in [5.41, 5.74) is 0.209. The van der Waals surface area contributed by atoms with Crippen LogP contribution in [0, 0.1) is 5.82 Å². The predicted molar refractivity (Wildman–Crippen MR) is 69.3 cm³/mol. The number of ketones is 1. The van der Waals surface area contributed by atoms with Gasteiger partial charge in [0.25, 0.3) is 0 Å². The van der Waals surface area contributed by atoms with Crippen LogP contribution in [-0.2, 0) is 0 Å². The van der Waals surface area contributed by atoms with E-state index in [1.807, 2.05) is 0 Å². The third kappa shape index (κ3) is 3.15. The number of hydrogen-bond donors (Lipinski definition) is 1. The van der Waals surface area contributed by atoms with Gasteiger partial charge in [0.1, 0.15) is 5.82 Å². The van der Waals surface area contributed by atoms with Crippen LogP contribution in [0.4, 0.5) is 4.39 Å². The van der Waals surface area contributed by atoms with Crippen molar-refractivity contribution in [3.05, 3.63) is 35.6 Å². The van der Waals surface area contributed by atoms with Gasteiger partial charge in [-0.1, -0.05) is 12.1 Å². The Morgan fingerprint density at radius 3 is 3.00 bits per heavy atom. The number of halogens is 1. The number of rotatable bonds is 4. The normalized spacial score (nSPS) is 20.9. The van der Waals surface area contributed by atoms with Crippen LogP contribution in [0.3, 0.4) is 0 Å². The van der Waals surface area contributed by atoms with Crippen molar-refractivity contribution >= 4 is 5.78 Å². The molecule has 1 N–H and O–H groups in total. The van der Waals surface area contributed by atoms with Crippen molar-refractivity contribution in [2.45, 2.75) is 19.4 Å². The molecule has 98 valence electrons. The number of carbonyl (C=O) groups is 1. The second kappa shape index (κ2) is 6.07. The highest BCUT2D eigenvalue weighted by atomic mass is 19.1. The van der Waals surface area contributed by atoms with Crippen molar-refractivity contribution < 1.29 is 9.18 Å². The molecule has 4 heteroatoms. The van der Waals surface area contributed by atoms with Crippen molar-refractivity contribution in [1.82, 2.24) is 10.2 Å². The molecule has 3 nitrogen and oxygen atoms in total. The molecule has 1 fully saturated rings. The first-order valence-electron chi connectivity index (χ1n) is 6.41. The summed E-state index contributed by atoms with van der Waals surface area (Å²) in [7, 11) is 0. The van der Waals surface area contributed by atoms with E-state index in [9.17, 15) is 9.18 Å². The van der Waals surface area contributed by atoms with Crippen LogP contribution in [0.1, 0.15) is 23.7 Å². The molecule has 0 aliphatic carbocycles. The van der Waals surface area contributed by atoms with Gasteiger partial charge in [-0.3, -0.25) is 9.69 Å². The summed E-state index contributed by atoms with van der Waals surface area (Å²) in [5, 5.41) is 3.31. The molecular weight excluding hydrogens is 231 g/mol. The van der Waals surface area contributed by atoms with Gasteiger partial charge in [0.15, 0.2) is 5.78 Å². The van der Waals surface area contributed by atoms with Gasteiger partial charge in [0.05, 0.1) is 5.56 Å². The van der Waals surface area contributed by atoms with Crippen LogP contribution < -0.4 is 5.32 Å². The van der Waals surface area contributed by atoms with E-state index in [2.05, 4.69) is 17.1 Å². The lowest BCUT2D eigenvalue weighted by molar-refractivity contribution is 0.0938. The smallest absolute Gasteiger partial charge is 0.167 e. The third-order valence-corrected chi connectivity index (χ3v) is 3.44. The summed E-state index contributed by atoms with van der Waals surface area (Å²) in [6.45, 7) is 5.70. The first-order valence-corrected chi connectivity index (χ1v) is 6.41. The zero-order chi connectivity index (χ0) is 13.0. The highest BCUT2D eigenvalue weighted by Crippen LogP contribution is 2.11. The summed E-state index contributed by atoms with van der Waals surface area (Å²) in [5.74, 6) is -0.533. The number of nitrogens with one attached hydrogen (secondary N) is 1. The Labute approximate surface area is 107 Å². The largest absolute Gasteiger partial charge is 0.314 e. The molecule has 0 amide bonds. The standard InChI is InChI=1S/C14H19FN2O/c1-11-10-16-7-9-17(11)8-6-14(18)12-4-2-3-5-13(12)15/h2-5,11,16H,6-10H2,1H3. The lowest BCUT2D eigenvalue weighted by atomic mass is 10.1. The molecule has 1 aromatic rings. The SMILES string of the molecule is CC1CNCCN1CCC(=O)c1ccccc1F. The topological polar surface area (TPSA) is 32.3 Å². The van der Waals surface area contributed by atoms with Gasteiger partial charge in [-0.05, 0) is 19.1 Å². The number of hydrogen-bond acceptors (Lipinski definition) is 3. The summed E-state index contributed by atoms with van der Waals surface area (Å²) < 4.78 is 13.4. The minimum atomic E-state index is -0.421. The van der Waals surface area contributed by atoms with Crippen molar-refractivity contribution in [2.24, 2.45) is 0 Å². The zero-order valence-electron chi connectivity index (χ0n) is 10.7. The molecule has 1 aromatic carbocycles. The highest BCUT2D eigenvalue weighted by molar-refractivity contribution is 5.96. The molecule has 0 aromatic heterocycles. The maximum Gasteiger partial charge on any atom is 0.167 e. The molecule has 0 saturated carbocycles. The van der Waals surface area contributed by atoms with Gasteiger partial charge in [-0.2, -0.15) is 0 Å². The maximum absolute atomic E-state index is 13.4. The van der Waals surface area contributed by atoms with E-state index in [0.717, 1.165) is 19.6 Å². The Hall–Kier alpha value is -1.26. The fraction of sp³-hybridized carbons (Fsp3) is 0.500. The van der Waals surface area contributed by atoms with Crippen molar-refractivity contribution in [1.29, 1.82) is 0 Å². The average Bonchev–Trinajstić information content (AvgIpc) is 2.38. The molecule has 0 spiro atoms. The summed E-state index contributed by atoms with van der Waals surface area (Å²) in [6, 6.07) is 6.63. The molecule has 1 saturated heterocycles. The van der Waals surface area contributed by atoms with Gasteiger partial charge in [0.2, 0.25) is 0 Å². The Morgan fingerprint density at radius 1 is 1.50 bits per heavy atom. The fourth-order valence-corrected chi connectivity index (χ4v) is 2.28. The Morgan fingerprint density at radius 2 is 2.28 bits per heavy atom. The van der Waals surface area contributed by atoms with E-state index in [0.29, 0.717) is 19.0 Å². The molecule has 2 rings (SSSR count). The second-order valence-corrected chi connectivity index (χ2v) is 4.74. The van der Waals surface area contributed by atoms with Crippen LogP contribution in [0.5, 0.6) is 0 Å². The van der Waals surface area contributed by atoms with E-state index in [1.165, 1.54) is 6.07 Å². The Balaban J connectivity index is 1.90. The first kappa shape index (κ1) is 13.2. The maximum atomic E-state index is 13.4. The minimum absolute atomic E-state index is 0.112. The van der Waals surface area contributed by atoms with Crippen molar-refractivity contribution in [3.8, 4) is 0 Å². The van der Waals surface area contributed by atoms with Crippen molar-refractivity contribution in [3.63, 3.8) is 0 Å². The molecule has 0 bridgehead atoms. The fourth-order valence-electron chi connectivity index (χ4n) is 2.28. The summed E-state index contributed by atoms with van der Waals surface area (Å²) >= 11 is 0.